The third kappa shape index (κ3) is 6.56. The van der Waals surface area contributed by atoms with Crippen LogP contribution in [-0.4, -0.2) is 4.57 Å². The van der Waals surface area contributed by atoms with Gasteiger partial charge < -0.3 is 21.4 Å². The van der Waals surface area contributed by atoms with Crippen LogP contribution in [0.3, 0.4) is 0 Å². The largest absolute Gasteiger partial charge is 0.397 e. The third-order valence-electron chi connectivity index (χ3n) is 11.0. The highest BCUT2D eigenvalue weighted by Crippen LogP contribution is 2.40. The molecule has 0 atom stereocenters. The van der Waals surface area contributed by atoms with Gasteiger partial charge in [0.1, 0.15) is 0 Å². The first kappa shape index (κ1) is 34.7. The van der Waals surface area contributed by atoms with E-state index in [0.29, 0.717) is 11.4 Å². The Balaban J connectivity index is 0.946. The van der Waals surface area contributed by atoms with Crippen LogP contribution in [-0.2, 0) is 19.4 Å². The van der Waals surface area contributed by atoms with Crippen LogP contribution in [0.25, 0.3) is 66.1 Å². The fraction of sp³-hybridized carbons (Fsp3) is 0.0769. The number of nitrogens with two attached hydrogens (primary N) is 2. The van der Waals surface area contributed by atoms with E-state index in [1.54, 1.807) is 0 Å². The van der Waals surface area contributed by atoms with E-state index in [2.05, 4.69) is 175 Å². The monoisotopic (exact) mass is 724 g/mol. The van der Waals surface area contributed by atoms with Gasteiger partial charge in [0, 0.05) is 23.2 Å². The number of nitrogens with one attached hydrogen (secondary N) is 1. The molecule has 1 aromatic heterocycles. The second-order valence-electron chi connectivity index (χ2n) is 14.6. The molecule has 272 valence electrons. The van der Waals surface area contributed by atoms with E-state index in [4.69, 9.17) is 11.5 Å². The summed E-state index contributed by atoms with van der Waals surface area (Å²) in [5.41, 5.74) is 25.2. The van der Waals surface area contributed by atoms with Crippen LogP contribution in [0.4, 0.5) is 0 Å². The number of fused-ring (bicyclic) bond motifs is 6. The van der Waals surface area contributed by atoms with E-state index in [1.807, 2.05) is 24.4 Å². The molecule has 56 heavy (non-hydrogen) atoms. The molecule has 1 aliphatic rings. The van der Waals surface area contributed by atoms with Gasteiger partial charge in [0.15, 0.2) is 0 Å². The van der Waals surface area contributed by atoms with Crippen molar-refractivity contribution < 1.29 is 0 Å². The zero-order valence-corrected chi connectivity index (χ0v) is 31.5. The summed E-state index contributed by atoms with van der Waals surface area (Å²) in [6.45, 7) is 2.90. The van der Waals surface area contributed by atoms with Crippen molar-refractivity contribution in [1.82, 2.24) is 9.88 Å². The van der Waals surface area contributed by atoms with Crippen LogP contribution in [0, 0.1) is 0 Å². The lowest BCUT2D eigenvalue weighted by Crippen LogP contribution is -2.10. The molecule has 0 fully saturated rings. The van der Waals surface area contributed by atoms with Gasteiger partial charge >= 0.3 is 0 Å². The molecular formula is C52H44N4. The zero-order valence-electron chi connectivity index (χ0n) is 31.5. The summed E-state index contributed by atoms with van der Waals surface area (Å²) in [7, 11) is 0. The van der Waals surface area contributed by atoms with Crippen molar-refractivity contribution in [3.05, 3.63) is 215 Å². The predicted molar refractivity (Wildman–Crippen MR) is 238 cm³/mol. The molecule has 0 saturated carbocycles. The number of nitrogens with zero attached hydrogens (tertiary/aromatic N) is 1. The van der Waals surface area contributed by atoms with Gasteiger partial charge in [-0.05, 0) is 129 Å². The topological polar surface area (TPSA) is 69.0 Å². The Morgan fingerprint density at radius 1 is 0.679 bits per heavy atom. The van der Waals surface area contributed by atoms with Gasteiger partial charge in [-0.25, -0.2) is 0 Å². The Hall–Kier alpha value is -7.04. The van der Waals surface area contributed by atoms with Crippen LogP contribution in [0.5, 0.6) is 0 Å². The maximum Gasteiger partial charge on any atom is 0.0550 e. The van der Waals surface area contributed by atoms with Gasteiger partial charge in [0.05, 0.1) is 22.6 Å². The lowest BCUT2D eigenvalue weighted by atomic mass is 9.86. The average molecular weight is 725 g/mol. The molecule has 0 saturated heterocycles. The summed E-state index contributed by atoms with van der Waals surface area (Å²) in [5.74, 6) is 0. The Morgan fingerprint density at radius 3 is 2.14 bits per heavy atom. The van der Waals surface area contributed by atoms with Crippen molar-refractivity contribution in [2.24, 2.45) is 11.5 Å². The minimum absolute atomic E-state index is 0.548. The highest BCUT2D eigenvalue weighted by Gasteiger charge is 2.19. The van der Waals surface area contributed by atoms with Crippen LogP contribution >= 0.6 is 0 Å². The number of aromatic nitrogens is 1. The van der Waals surface area contributed by atoms with Crippen LogP contribution in [0.1, 0.15) is 29.3 Å². The van der Waals surface area contributed by atoms with Crippen molar-refractivity contribution in [2.75, 3.05) is 0 Å². The minimum atomic E-state index is 0.548. The maximum absolute atomic E-state index is 6.54. The molecule has 5 N–H and O–H groups in total. The van der Waals surface area contributed by atoms with E-state index >= 15 is 0 Å². The van der Waals surface area contributed by atoms with E-state index in [0.717, 1.165) is 25.0 Å². The number of rotatable bonds is 9. The molecule has 4 heteroatoms. The highest BCUT2D eigenvalue weighted by atomic mass is 15.0. The Bertz CT molecular complexity index is 2880. The molecule has 4 nitrogen and oxygen atoms in total. The fourth-order valence-electron chi connectivity index (χ4n) is 8.28. The van der Waals surface area contributed by atoms with E-state index in [9.17, 15) is 0 Å². The number of hydrogen-bond donors (Lipinski definition) is 3. The summed E-state index contributed by atoms with van der Waals surface area (Å²) in [4.78, 5) is 0. The van der Waals surface area contributed by atoms with Crippen molar-refractivity contribution in [2.45, 2.75) is 26.3 Å². The van der Waals surface area contributed by atoms with Crippen LogP contribution in [0.15, 0.2) is 193 Å². The van der Waals surface area contributed by atoms with Crippen molar-refractivity contribution in [3.8, 4) is 16.8 Å². The fourth-order valence-corrected chi connectivity index (χ4v) is 8.28. The molecule has 2 heterocycles. The normalized spacial score (nSPS) is 13.6. The van der Waals surface area contributed by atoms with Gasteiger partial charge in [0.2, 0.25) is 0 Å². The molecule has 1 aliphatic heterocycles. The standard InChI is InChI=1S/C52H44N4/c1-35(23-27-43-41-18-8-10-20-44(41)52(45-21-11-9-19-42(43)45)39-26-25-37-14-6-7-15-38(37)33-39)31-49(54)48(53)22-12-5-13-36-24-28-50-46(32-36)47-34-55-30-29-51(47)56(50)40-16-3-2-4-17-40/h2-12,14-26,28-33,55H,13,27,34,53-54H2,1H3/b12-5-,35-23-,48-22-,49-31-. The lowest BCUT2D eigenvalue weighted by Gasteiger charge is -2.17. The molecule has 0 spiro atoms. The lowest BCUT2D eigenvalue weighted by molar-refractivity contribution is 0.855. The molecule has 0 radical (unpaired) electrons. The predicted octanol–water partition coefficient (Wildman–Crippen LogP) is 11.8. The Kier molecular flexibility index (Phi) is 9.30. The quantitative estimate of drug-likeness (QED) is 0.103. The average Bonchev–Trinajstić information content (AvgIpc) is 3.57. The summed E-state index contributed by atoms with van der Waals surface area (Å²) in [6.07, 6.45) is 16.0. The smallest absolute Gasteiger partial charge is 0.0550 e. The van der Waals surface area contributed by atoms with Crippen molar-refractivity contribution >= 4 is 49.3 Å². The summed E-state index contributed by atoms with van der Waals surface area (Å²) in [6, 6.07) is 50.3. The third-order valence-corrected chi connectivity index (χ3v) is 11.0. The number of hydrogen-bond acceptors (Lipinski definition) is 3. The second kappa shape index (κ2) is 15.0. The second-order valence-corrected chi connectivity index (χ2v) is 14.6. The van der Waals surface area contributed by atoms with Gasteiger partial charge in [-0.2, -0.15) is 0 Å². The number of para-hydroxylation sites is 1. The molecule has 7 aromatic carbocycles. The van der Waals surface area contributed by atoms with Gasteiger partial charge in [0.25, 0.3) is 0 Å². The summed E-state index contributed by atoms with van der Waals surface area (Å²) < 4.78 is 2.35. The molecule has 8 aromatic rings. The van der Waals surface area contributed by atoms with E-state index < -0.39 is 0 Å². The molecule has 0 aliphatic carbocycles. The van der Waals surface area contributed by atoms with Crippen LogP contribution < -0.4 is 16.8 Å². The van der Waals surface area contributed by atoms with Crippen molar-refractivity contribution in [1.29, 1.82) is 0 Å². The van der Waals surface area contributed by atoms with E-state index in [-0.39, 0.29) is 0 Å². The van der Waals surface area contributed by atoms with E-state index in [1.165, 1.54) is 82.4 Å². The van der Waals surface area contributed by atoms with Gasteiger partial charge in [-0.3, -0.25) is 0 Å². The summed E-state index contributed by atoms with van der Waals surface area (Å²) >= 11 is 0. The zero-order chi connectivity index (χ0) is 38.0. The minimum Gasteiger partial charge on any atom is -0.397 e. The summed E-state index contributed by atoms with van der Waals surface area (Å²) in [5, 5.41) is 12.2. The maximum atomic E-state index is 6.54. The first-order chi connectivity index (χ1) is 27.5. The SMILES string of the molecule is CC(=C/Cc1c2ccccc2c(-c2ccc3ccccc3c2)c2ccccc12)/C=C(N)/C(N)=C/C=C\Cc1ccc2c(c1)c1c(n2-c2ccccc2)C=CNC1. The van der Waals surface area contributed by atoms with Crippen LogP contribution in [0.2, 0.25) is 0 Å². The number of allylic oxidation sites excluding steroid dienone is 6. The first-order valence-corrected chi connectivity index (χ1v) is 19.3. The van der Waals surface area contributed by atoms with Gasteiger partial charge in [-0.1, -0.05) is 133 Å². The number of benzene rings is 7. The first-order valence-electron chi connectivity index (χ1n) is 19.3. The molecule has 0 bridgehead atoms. The van der Waals surface area contributed by atoms with Gasteiger partial charge in [-0.15, -0.1) is 0 Å². The Labute approximate surface area is 328 Å². The Morgan fingerprint density at radius 2 is 1.38 bits per heavy atom. The molecular weight excluding hydrogens is 681 g/mol. The molecule has 0 amide bonds. The molecule has 9 rings (SSSR count). The van der Waals surface area contributed by atoms with Crippen molar-refractivity contribution in [3.63, 3.8) is 0 Å². The molecule has 0 unspecified atom stereocenters. The highest BCUT2D eigenvalue weighted by molar-refractivity contribution is 6.15.